The van der Waals surface area contributed by atoms with Crippen molar-refractivity contribution in [1.82, 2.24) is 5.32 Å². The van der Waals surface area contributed by atoms with Crippen LogP contribution in [0.25, 0.3) is 0 Å². The number of anilines is 1. The molecule has 2 aromatic rings. The van der Waals surface area contributed by atoms with Crippen molar-refractivity contribution in [1.29, 1.82) is 0 Å². The molecule has 0 radical (unpaired) electrons. The SMILES string of the molecule is CCCNC(=O)c1ccc(NC(=O)c2cc(OC)c(OC)c(OC)c2)cc1Cl. The third-order valence-corrected chi connectivity index (χ3v) is 4.25. The van der Waals surface area contributed by atoms with Gasteiger partial charge in [0.25, 0.3) is 11.8 Å². The first kappa shape index (κ1) is 21.4. The van der Waals surface area contributed by atoms with Crippen molar-refractivity contribution in [3.8, 4) is 17.2 Å². The Morgan fingerprint density at radius 1 is 0.964 bits per heavy atom. The predicted octanol–water partition coefficient (Wildman–Crippen LogP) is 3.76. The highest BCUT2D eigenvalue weighted by molar-refractivity contribution is 6.34. The first-order valence-electron chi connectivity index (χ1n) is 8.64. The smallest absolute Gasteiger partial charge is 0.255 e. The van der Waals surface area contributed by atoms with E-state index in [0.29, 0.717) is 40.6 Å². The molecule has 0 spiro atoms. The molecule has 0 saturated carbocycles. The minimum absolute atomic E-state index is 0.247. The van der Waals surface area contributed by atoms with Gasteiger partial charge in [-0.05, 0) is 36.8 Å². The summed E-state index contributed by atoms with van der Waals surface area (Å²) in [5, 5.41) is 5.75. The highest BCUT2D eigenvalue weighted by Gasteiger charge is 2.18. The van der Waals surface area contributed by atoms with Crippen LogP contribution in [0.15, 0.2) is 30.3 Å². The fourth-order valence-electron chi connectivity index (χ4n) is 2.53. The van der Waals surface area contributed by atoms with Crippen molar-refractivity contribution in [3.05, 3.63) is 46.5 Å². The summed E-state index contributed by atoms with van der Waals surface area (Å²) in [6, 6.07) is 7.80. The van der Waals surface area contributed by atoms with Gasteiger partial charge in [-0.15, -0.1) is 0 Å². The van der Waals surface area contributed by atoms with Gasteiger partial charge < -0.3 is 24.8 Å². The number of rotatable bonds is 8. The van der Waals surface area contributed by atoms with Gasteiger partial charge in [0.1, 0.15) is 0 Å². The van der Waals surface area contributed by atoms with Gasteiger partial charge in [-0.2, -0.15) is 0 Å². The van der Waals surface area contributed by atoms with Crippen LogP contribution in [0.4, 0.5) is 5.69 Å². The molecule has 2 amide bonds. The van der Waals surface area contributed by atoms with Crippen molar-refractivity contribution in [2.75, 3.05) is 33.2 Å². The van der Waals surface area contributed by atoms with Crippen molar-refractivity contribution >= 4 is 29.1 Å². The molecular formula is C20H23ClN2O5. The Morgan fingerprint density at radius 2 is 1.61 bits per heavy atom. The van der Waals surface area contributed by atoms with E-state index in [-0.39, 0.29) is 10.9 Å². The van der Waals surface area contributed by atoms with Gasteiger partial charge in [0.2, 0.25) is 5.75 Å². The molecule has 0 aliphatic heterocycles. The number of hydrogen-bond donors (Lipinski definition) is 2. The van der Waals surface area contributed by atoms with Crippen LogP contribution in [-0.2, 0) is 0 Å². The van der Waals surface area contributed by atoms with E-state index in [4.69, 9.17) is 25.8 Å². The molecule has 8 heteroatoms. The Kier molecular flexibility index (Phi) is 7.52. The Balaban J connectivity index is 2.23. The lowest BCUT2D eigenvalue weighted by molar-refractivity contribution is 0.0953. The molecule has 2 N–H and O–H groups in total. The summed E-state index contributed by atoms with van der Waals surface area (Å²) in [6.45, 7) is 2.53. The molecule has 0 fully saturated rings. The average Bonchev–Trinajstić information content (AvgIpc) is 2.70. The third kappa shape index (κ3) is 4.86. The van der Waals surface area contributed by atoms with E-state index in [1.807, 2.05) is 6.92 Å². The lowest BCUT2D eigenvalue weighted by Crippen LogP contribution is -2.24. The standard InChI is InChI=1S/C20H23ClN2O5/c1-5-8-22-20(25)14-7-6-13(11-15(14)21)23-19(24)12-9-16(26-2)18(28-4)17(10-12)27-3/h6-7,9-11H,5,8H2,1-4H3,(H,22,25)(H,23,24). The normalized spacial score (nSPS) is 10.2. The van der Waals surface area contributed by atoms with E-state index in [0.717, 1.165) is 6.42 Å². The van der Waals surface area contributed by atoms with Gasteiger partial charge in [0, 0.05) is 17.8 Å². The minimum atomic E-state index is -0.390. The van der Waals surface area contributed by atoms with Crippen LogP contribution in [-0.4, -0.2) is 39.7 Å². The second-order valence-electron chi connectivity index (χ2n) is 5.82. The van der Waals surface area contributed by atoms with E-state index in [2.05, 4.69) is 10.6 Å². The Bertz CT molecular complexity index is 845. The Hall–Kier alpha value is -2.93. The summed E-state index contributed by atoms with van der Waals surface area (Å²) in [7, 11) is 4.43. The summed E-state index contributed by atoms with van der Waals surface area (Å²) < 4.78 is 15.8. The predicted molar refractivity (Wildman–Crippen MR) is 108 cm³/mol. The molecule has 0 aliphatic rings. The number of ether oxygens (including phenoxy) is 3. The second-order valence-corrected chi connectivity index (χ2v) is 6.23. The summed E-state index contributed by atoms with van der Waals surface area (Å²) in [6.07, 6.45) is 0.826. The summed E-state index contributed by atoms with van der Waals surface area (Å²) in [5.74, 6) is 0.487. The third-order valence-electron chi connectivity index (χ3n) is 3.93. The van der Waals surface area contributed by atoms with E-state index in [9.17, 15) is 9.59 Å². The van der Waals surface area contributed by atoms with E-state index in [1.54, 1.807) is 24.3 Å². The second kappa shape index (κ2) is 9.85. The van der Waals surface area contributed by atoms with Crippen LogP contribution < -0.4 is 24.8 Å². The molecule has 2 rings (SSSR count). The lowest BCUT2D eigenvalue weighted by atomic mass is 10.1. The maximum absolute atomic E-state index is 12.6. The first-order valence-corrected chi connectivity index (χ1v) is 9.02. The maximum atomic E-state index is 12.6. The number of halogens is 1. The van der Waals surface area contributed by atoms with Crippen molar-refractivity contribution in [2.24, 2.45) is 0 Å². The van der Waals surface area contributed by atoms with Gasteiger partial charge in [-0.25, -0.2) is 0 Å². The highest BCUT2D eigenvalue weighted by atomic mass is 35.5. The molecule has 0 heterocycles. The fraction of sp³-hybridized carbons (Fsp3) is 0.300. The molecule has 28 heavy (non-hydrogen) atoms. The molecule has 2 aromatic carbocycles. The molecular weight excluding hydrogens is 384 g/mol. The van der Waals surface area contributed by atoms with Crippen LogP contribution in [0.2, 0.25) is 5.02 Å². The molecule has 150 valence electrons. The Labute approximate surface area is 168 Å². The zero-order valence-corrected chi connectivity index (χ0v) is 17.0. The average molecular weight is 407 g/mol. The lowest BCUT2D eigenvalue weighted by Gasteiger charge is -2.14. The quantitative estimate of drug-likeness (QED) is 0.697. The van der Waals surface area contributed by atoms with Crippen LogP contribution in [0.3, 0.4) is 0 Å². The summed E-state index contributed by atoms with van der Waals surface area (Å²) >= 11 is 6.20. The summed E-state index contributed by atoms with van der Waals surface area (Å²) in [5.41, 5.74) is 1.12. The number of carbonyl (C=O) groups excluding carboxylic acids is 2. The molecule has 0 atom stereocenters. The number of hydrogen-bond acceptors (Lipinski definition) is 5. The fourth-order valence-corrected chi connectivity index (χ4v) is 2.79. The van der Waals surface area contributed by atoms with E-state index in [1.165, 1.54) is 27.4 Å². The Morgan fingerprint density at radius 3 is 2.11 bits per heavy atom. The number of amides is 2. The molecule has 0 aliphatic carbocycles. The molecule has 7 nitrogen and oxygen atoms in total. The largest absolute Gasteiger partial charge is 0.493 e. The maximum Gasteiger partial charge on any atom is 0.255 e. The van der Waals surface area contributed by atoms with E-state index < -0.39 is 5.91 Å². The van der Waals surface area contributed by atoms with Gasteiger partial charge in [-0.1, -0.05) is 18.5 Å². The van der Waals surface area contributed by atoms with Gasteiger partial charge in [-0.3, -0.25) is 9.59 Å². The van der Waals surface area contributed by atoms with Crippen molar-refractivity contribution in [3.63, 3.8) is 0 Å². The molecule has 0 aromatic heterocycles. The van der Waals surface area contributed by atoms with Crippen LogP contribution in [0.1, 0.15) is 34.1 Å². The molecule has 0 unspecified atom stereocenters. The molecule has 0 bridgehead atoms. The van der Waals surface area contributed by atoms with Crippen LogP contribution in [0, 0.1) is 0 Å². The van der Waals surface area contributed by atoms with Crippen LogP contribution >= 0.6 is 11.6 Å². The highest BCUT2D eigenvalue weighted by Crippen LogP contribution is 2.38. The number of nitrogens with one attached hydrogen (secondary N) is 2. The summed E-state index contributed by atoms with van der Waals surface area (Å²) in [4.78, 5) is 24.7. The number of benzene rings is 2. The topological polar surface area (TPSA) is 85.9 Å². The van der Waals surface area contributed by atoms with E-state index >= 15 is 0 Å². The number of carbonyl (C=O) groups is 2. The zero-order valence-electron chi connectivity index (χ0n) is 16.2. The van der Waals surface area contributed by atoms with Gasteiger partial charge in [0.05, 0.1) is 31.9 Å². The van der Waals surface area contributed by atoms with Crippen LogP contribution in [0.5, 0.6) is 17.2 Å². The van der Waals surface area contributed by atoms with Gasteiger partial charge >= 0.3 is 0 Å². The van der Waals surface area contributed by atoms with Crippen molar-refractivity contribution in [2.45, 2.75) is 13.3 Å². The van der Waals surface area contributed by atoms with Gasteiger partial charge in [0.15, 0.2) is 11.5 Å². The minimum Gasteiger partial charge on any atom is -0.493 e. The van der Waals surface area contributed by atoms with Crippen molar-refractivity contribution < 1.29 is 23.8 Å². The number of methoxy groups -OCH3 is 3. The monoisotopic (exact) mass is 406 g/mol. The zero-order chi connectivity index (χ0) is 20.7. The molecule has 0 saturated heterocycles. The first-order chi connectivity index (χ1) is 13.4.